The quantitative estimate of drug-likeness (QED) is 0.710. The van der Waals surface area contributed by atoms with Crippen molar-refractivity contribution in [3.63, 3.8) is 0 Å². The highest BCUT2D eigenvalue weighted by Crippen LogP contribution is 2.59. The van der Waals surface area contributed by atoms with E-state index in [1.54, 1.807) is 0 Å². The first-order valence-electron chi connectivity index (χ1n) is 9.39. The smallest absolute Gasteiger partial charge is 0.407 e. The Morgan fingerprint density at radius 1 is 1.15 bits per heavy atom. The van der Waals surface area contributed by atoms with Gasteiger partial charge in [-0.15, -0.1) is 0 Å². The molecule has 1 unspecified atom stereocenters. The summed E-state index contributed by atoms with van der Waals surface area (Å²) >= 11 is -1.41. The molecule has 1 aliphatic heterocycles. The SMILES string of the molecule is CC(C)(C)[S@@+]([O-])/N=C1\C2(CCN(C(=O)O)CC2)CCC1(CO)C(C)(C)C. The van der Waals surface area contributed by atoms with E-state index >= 15 is 0 Å². The van der Waals surface area contributed by atoms with E-state index in [0.29, 0.717) is 25.9 Å². The predicted octanol–water partition coefficient (Wildman–Crippen LogP) is 3.47. The molecule has 1 amide bonds. The van der Waals surface area contributed by atoms with E-state index in [9.17, 15) is 19.6 Å². The molecular weight excluding hydrogens is 352 g/mol. The number of hydrogen-bond acceptors (Lipinski definition) is 4. The van der Waals surface area contributed by atoms with Crippen molar-refractivity contribution in [1.82, 2.24) is 4.90 Å². The van der Waals surface area contributed by atoms with Crippen molar-refractivity contribution >= 4 is 23.2 Å². The molecule has 1 saturated carbocycles. The van der Waals surface area contributed by atoms with Gasteiger partial charge in [-0.1, -0.05) is 25.2 Å². The average molecular weight is 387 g/mol. The molecule has 0 bridgehead atoms. The summed E-state index contributed by atoms with van der Waals surface area (Å²) < 4.78 is 17.2. The summed E-state index contributed by atoms with van der Waals surface area (Å²) in [5.74, 6) is 0. The Morgan fingerprint density at radius 3 is 2.08 bits per heavy atom. The van der Waals surface area contributed by atoms with E-state index in [1.807, 2.05) is 20.8 Å². The third-order valence-corrected chi connectivity index (χ3v) is 7.78. The highest BCUT2D eigenvalue weighted by molar-refractivity contribution is 7.91. The molecule has 6 nitrogen and oxygen atoms in total. The van der Waals surface area contributed by atoms with Crippen molar-refractivity contribution in [2.24, 2.45) is 20.6 Å². The number of aliphatic hydroxyl groups is 1. The second kappa shape index (κ2) is 6.99. The highest BCUT2D eigenvalue weighted by atomic mass is 32.2. The van der Waals surface area contributed by atoms with Gasteiger partial charge in [-0.25, -0.2) is 4.79 Å². The molecule has 1 heterocycles. The first-order chi connectivity index (χ1) is 11.8. The summed E-state index contributed by atoms with van der Waals surface area (Å²) in [6.07, 6.45) is 2.12. The maximum Gasteiger partial charge on any atom is 0.407 e. The zero-order valence-corrected chi connectivity index (χ0v) is 17.8. The van der Waals surface area contributed by atoms with Gasteiger partial charge in [0.25, 0.3) is 0 Å². The molecule has 0 aromatic carbocycles. The first kappa shape index (κ1) is 21.5. The number of hydrogen-bond donors (Lipinski definition) is 2. The van der Waals surface area contributed by atoms with Gasteiger partial charge >= 0.3 is 6.09 Å². The molecule has 0 aromatic heterocycles. The number of amides is 1. The largest absolute Gasteiger partial charge is 0.591 e. The minimum atomic E-state index is -1.41. The van der Waals surface area contributed by atoms with E-state index < -0.39 is 27.6 Å². The monoisotopic (exact) mass is 386 g/mol. The Hall–Kier alpha value is -0.790. The molecule has 2 aliphatic rings. The second-order valence-corrected chi connectivity index (χ2v) is 11.7. The van der Waals surface area contributed by atoms with Gasteiger partial charge in [-0.2, -0.15) is 0 Å². The molecule has 0 radical (unpaired) electrons. The lowest BCUT2D eigenvalue weighted by molar-refractivity contribution is 0.0795. The van der Waals surface area contributed by atoms with Gasteiger partial charge in [0.1, 0.15) is 16.1 Å². The minimum Gasteiger partial charge on any atom is -0.591 e. The standard InChI is InChI=1S/C19H34N2O4S/c1-16(2,3)19(13-22)8-7-18(9-11-21(12-10-18)15(23)24)14(19)20-26(25)17(4,5)6/h22H,7-13H2,1-6H3,(H,23,24)/b20-14+/t19?,26-/m1/s1. The summed E-state index contributed by atoms with van der Waals surface area (Å²) in [5, 5.41) is 19.7. The van der Waals surface area contributed by atoms with Crippen LogP contribution in [0, 0.1) is 16.2 Å². The predicted molar refractivity (Wildman–Crippen MR) is 105 cm³/mol. The fourth-order valence-corrected chi connectivity index (χ4v) is 5.14. The minimum absolute atomic E-state index is 0.0267. The van der Waals surface area contributed by atoms with Gasteiger partial charge in [-0.05, 0) is 51.9 Å². The molecule has 2 fully saturated rings. The van der Waals surface area contributed by atoms with Crippen LogP contribution in [0.3, 0.4) is 0 Å². The lowest BCUT2D eigenvalue weighted by atomic mass is 9.62. The summed E-state index contributed by atoms with van der Waals surface area (Å²) in [4.78, 5) is 12.7. The normalized spacial score (nSPS) is 29.4. The van der Waals surface area contributed by atoms with Gasteiger partial charge in [-0.3, -0.25) is 0 Å². The molecule has 150 valence electrons. The van der Waals surface area contributed by atoms with E-state index in [2.05, 4.69) is 20.8 Å². The highest BCUT2D eigenvalue weighted by Gasteiger charge is 2.60. The number of carboxylic acid groups (broad SMARTS) is 1. The lowest BCUT2D eigenvalue weighted by Gasteiger charge is -2.45. The Labute approximate surface area is 160 Å². The van der Waals surface area contributed by atoms with Crippen LogP contribution < -0.4 is 0 Å². The van der Waals surface area contributed by atoms with Gasteiger partial charge in [0.15, 0.2) is 0 Å². The maximum atomic E-state index is 12.9. The van der Waals surface area contributed by atoms with Gasteiger partial charge in [0, 0.05) is 23.9 Å². The van der Waals surface area contributed by atoms with E-state index in [4.69, 9.17) is 4.40 Å². The van der Waals surface area contributed by atoms with Crippen LogP contribution in [0.4, 0.5) is 4.79 Å². The average Bonchev–Trinajstić information content (AvgIpc) is 2.81. The Kier molecular flexibility index (Phi) is 5.78. The van der Waals surface area contributed by atoms with Crippen LogP contribution in [-0.2, 0) is 11.4 Å². The Balaban J connectivity index is 2.50. The van der Waals surface area contributed by atoms with E-state index in [1.165, 1.54) is 4.90 Å². The molecule has 0 aromatic rings. The van der Waals surface area contributed by atoms with Crippen LogP contribution in [0.5, 0.6) is 0 Å². The van der Waals surface area contributed by atoms with Crippen molar-refractivity contribution in [2.45, 2.75) is 72.0 Å². The van der Waals surface area contributed by atoms with Gasteiger partial charge in [0.05, 0.1) is 12.3 Å². The molecule has 1 spiro atoms. The van der Waals surface area contributed by atoms with Gasteiger partial charge < -0.3 is 19.7 Å². The van der Waals surface area contributed by atoms with Crippen LogP contribution in [0.25, 0.3) is 0 Å². The number of nitrogens with zero attached hydrogens (tertiary/aromatic N) is 2. The molecule has 26 heavy (non-hydrogen) atoms. The van der Waals surface area contributed by atoms with Crippen molar-refractivity contribution in [2.75, 3.05) is 19.7 Å². The second-order valence-electron chi connectivity index (χ2n) is 9.84. The van der Waals surface area contributed by atoms with Crippen molar-refractivity contribution in [1.29, 1.82) is 0 Å². The number of rotatable bonds is 2. The zero-order chi connectivity index (χ0) is 20.0. The summed E-state index contributed by atoms with van der Waals surface area (Å²) in [6.45, 7) is 12.9. The zero-order valence-electron chi connectivity index (χ0n) is 17.0. The topological polar surface area (TPSA) is 96.2 Å². The van der Waals surface area contributed by atoms with Crippen LogP contribution in [0.15, 0.2) is 4.40 Å². The van der Waals surface area contributed by atoms with E-state index in [-0.39, 0.29) is 17.4 Å². The van der Waals surface area contributed by atoms with Crippen molar-refractivity contribution in [3.05, 3.63) is 0 Å². The van der Waals surface area contributed by atoms with Crippen LogP contribution in [0.2, 0.25) is 0 Å². The first-order valence-corrected chi connectivity index (χ1v) is 10.5. The molecule has 2 rings (SSSR count). The molecule has 1 saturated heterocycles. The van der Waals surface area contributed by atoms with E-state index in [0.717, 1.165) is 18.6 Å². The number of piperidine rings is 1. The Bertz CT molecular complexity index is 571. The fraction of sp³-hybridized carbons (Fsp3) is 0.895. The number of aliphatic hydroxyl groups excluding tert-OH is 1. The molecule has 2 atom stereocenters. The fourth-order valence-electron chi connectivity index (χ4n) is 4.34. The molecule has 2 N–H and O–H groups in total. The summed E-state index contributed by atoms with van der Waals surface area (Å²) in [6, 6.07) is 0. The van der Waals surface area contributed by atoms with Gasteiger partial charge in [0.2, 0.25) is 0 Å². The van der Waals surface area contributed by atoms with Crippen LogP contribution in [0.1, 0.15) is 67.2 Å². The van der Waals surface area contributed by atoms with Crippen molar-refractivity contribution < 1.29 is 19.6 Å². The summed E-state index contributed by atoms with van der Waals surface area (Å²) in [7, 11) is 0. The van der Waals surface area contributed by atoms with Crippen molar-refractivity contribution in [3.8, 4) is 0 Å². The molecule has 1 aliphatic carbocycles. The third-order valence-electron chi connectivity index (χ3n) is 6.38. The molecular formula is C19H34N2O4S. The maximum absolute atomic E-state index is 12.9. The van der Waals surface area contributed by atoms with Crippen LogP contribution >= 0.6 is 0 Å². The summed E-state index contributed by atoms with van der Waals surface area (Å²) in [5.41, 5.74) is -0.142. The van der Waals surface area contributed by atoms with Crippen LogP contribution in [-0.4, -0.2) is 55.9 Å². The third kappa shape index (κ3) is 3.62. The number of carbonyl (C=O) groups is 1. The molecule has 7 heteroatoms. The number of likely N-dealkylation sites (tertiary alicyclic amines) is 1. The lowest BCUT2D eigenvalue weighted by Crippen LogP contribution is -2.51. The Morgan fingerprint density at radius 2 is 1.69 bits per heavy atom.